The van der Waals surface area contributed by atoms with Gasteiger partial charge in [0.15, 0.2) is 0 Å². The number of ether oxygens (including phenoxy) is 1. The Labute approximate surface area is 220 Å². The molecule has 1 aliphatic carbocycles. The van der Waals surface area contributed by atoms with E-state index in [4.69, 9.17) is 4.74 Å². The lowest BCUT2D eigenvalue weighted by atomic mass is 9.91. The van der Waals surface area contributed by atoms with E-state index in [-0.39, 0.29) is 24.3 Å². The van der Waals surface area contributed by atoms with Gasteiger partial charge in [-0.2, -0.15) is 13.2 Å². The topological polar surface area (TPSA) is 70.7 Å². The van der Waals surface area contributed by atoms with Crippen molar-refractivity contribution in [3.05, 3.63) is 59.2 Å². The van der Waals surface area contributed by atoms with E-state index in [1.165, 1.54) is 31.4 Å². The zero-order valence-electron chi connectivity index (χ0n) is 21.4. The molecule has 2 aromatic rings. The van der Waals surface area contributed by atoms with Crippen molar-refractivity contribution in [1.29, 1.82) is 0 Å². The number of likely N-dealkylation sites (N-methyl/N-ethyl adjacent to an activating group) is 1. The van der Waals surface area contributed by atoms with Gasteiger partial charge in [0.05, 0.1) is 18.2 Å². The summed E-state index contributed by atoms with van der Waals surface area (Å²) in [5, 5.41) is 5.84. The van der Waals surface area contributed by atoms with E-state index in [2.05, 4.69) is 15.5 Å². The van der Waals surface area contributed by atoms with E-state index in [0.29, 0.717) is 47.8 Å². The summed E-state index contributed by atoms with van der Waals surface area (Å²) in [7, 11) is 2.04. The number of carbonyl (C=O) groups excluding carboxylic acids is 2. The van der Waals surface area contributed by atoms with Crippen molar-refractivity contribution in [2.45, 2.75) is 69.6 Å². The maximum atomic E-state index is 13.1. The summed E-state index contributed by atoms with van der Waals surface area (Å²) in [5.41, 5.74) is 2.54. The number of benzene rings is 2. The van der Waals surface area contributed by atoms with Crippen LogP contribution in [0.25, 0.3) is 5.57 Å². The Morgan fingerprint density at radius 3 is 2.66 bits per heavy atom. The summed E-state index contributed by atoms with van der Waals surface area (Å²) in [6, 6.07) is 9.04. The Kier molecular flexibility index (Phi) is 7.47. The number of hydrogen-bond donors (Lipinski definition) is 2. The molecule has 2 N–H and O–H groups in total. The van der Waals surface area contributed by atoms with Crippen LogP contribution in [0.4, 0.5) is 24.5 Å². The number of alkyl halides is 3. The average molecular weight is 528 g/mol. The zero-order chi connectivity index (χ0) is 26.9. The van der Waals surface area contributed by atoms with Crippen LogP contribution in [0.2, 0.25) is 0 Å². The minimum atomic E-state index is -4.47. The number of carbonyl (C=O) groups is 2. The minimum Gasteiger partial charge on any atom is -0.493 e. The second-order valence-corrected chi connectivity index (χ2v) is 10.4. The fourth-order valence-electron chi connectivity index (χ4n) is 5.69. The first-order valence-electron chi connectivity index (χ1n) is 13.2. The Morgan fingerprint density at radius 1 is 1.11 bits per heavy atom. The number of allylic oxidation sites excluding steroid dienone is 1. The molecular formula is C29H32F3N3O3. The number of nitrogens with one attached hydrogen (secondary N) is 2. The van der Waals surface area contributed by atoms with Gasteiger partial charge in [-0.05, 0) is 74.6 Å². The third-order valence-electron chi connectivity index (χ3n) is 7.80. The summed E-state index contributed by atoms with van der Waals surface area (Å²) in [6.45, 7) is 0.273. The molecule has 0 bridgehead atoms. The molecule has 202 valence electrons. The monoisotopic (exact) mass is 527 g/mol. The number of hydrogen-bond acceptors (Lipinski definition) is 4. The van der Waals surface area contributed by atoms with Gasteiger partial charge in [-0.3, -0.25) is 14.5 Å². The molecule has 0 saturated heterocycles. The normalized spacial score (nSPS) is 21.2. The van der Waals surface area contributed by atoms with Crippen LogP contribution in [0.1, 0.15) is 61.6 Å². The first kappa shape index (κ1) is 26.3. The zero-order valence-corrected chi connectivity index (χ0v) is 21.4. The van der Waals surface area contributed by atoms with Crippen LogP contribution in [0.5, 0.6) is 5.75 Å². The first-order chi connectivity index (χ1) is 18.2. The quantitative estimate of drug-likeness (QED) is 0.477. The predicted molar refractivity (Wildman–Crippen MR) is 140 cm³/mol. The summed E-state index contributed by atoms with van der Waals surface area (Å²) in [6.07, 6.45) is 4.53. The van der Waals surface area contributed by atoms with Gasteiger partial charge in [0, 0.05) is 29.1 Å². The van der Waals surface area contributed by atoms with E-state index < -0.39 is 17.6 Å². The standard InChI is InChI=1S/C29H32F3N3O3/c1-35(22-7-3-2-4-8-22)25-14-19-9-11-21(17-24(19)34-28(25)37)33-27(36)15-18-6-5-13-38-26-16-20(29(30,31)32)10-12-23(18)26/h9-12,15-17,22,25H,2-8,13-14H2,1H3,(H,33,36)(H,34,37). The van der Waals surface area contributed by atoms with Crippen molar-refractivity contribution in [3.8, 4) is 5.75 Å². The minimum absolute atomic E-state index is 0.0375. The molecule has 2 heterocycles. The van der Waals surface area contributed by atoms with Crippen LogP contribution >= 0.6 is 0 Å². The Hall–Kier alpha value is -3.33. The molecule has 0 radical (unpaired) electrons. The molecule has 1 saturated carbocycles. The van der Waals surface area contributed by atoms with Gasteiger partial charge in [0.25, 0.3) is 0 Å². The summed E-state index contributed by atoms with van der Waals surface area (Å²) in [4.78, 5) is 28.0. The largest absolute Gasteiger partial charge is 0.493 e. The number of anilines is 2. The van der Waals surface area contributed by atoms with Crippen molar-refractivity contribution < 1.29 is 27.5 Å². The van der Waals surface area contributed by atoms with Crippen molar-refractivity contribution in [2.75, 3.05) is 24.3 Å². The smallest absolute Gasteiger partial charge is 0.416 e. The summed E-state index contributed by atoms with van der Waals surface area (Å²) >= 11 is 0. The van der Waals surface area contributed by atoms with Crippen LogP contribution < -0.4 is 15.4 Å². The van der Waals surface area contributed by atoms with E-state index in [9.17, 15) is 22.8 Å². The van der Waals surface area contributed by atoms with Crippen molar-refractivity contribution >= 4 is 28.8 Å². The lowest BCUT2D eigenvalue weighted by Gasteiger charge is -2.38. The molecule has 1 fully saturated rings. The van der Waals surface area contributed by atoms with E-state index >= 15 is 0 Å². The summed E-state index contributed by atoms with van der Waals surface area (Å²) in [5.74, 6) is -0.310. The number of halogens is 3. The molecular weight excluding hydrogens is 495 g/mol. The van der Waals surface area contributed by atoms with Gasteiger partial charge in [-0.15, -0.1) is 0 Å². The van der Waals surface area contributed by atoms with Crippen molar-refractivity contribution in [1.82, 2.24) is 4.90 Å². The van der Waals surface area contributed by atoms with E-state index in [1.54, 1.807) is 6.07 Å². The van der Waals surface area contributed by atoms with E-state index in [0.717, 1.165) is 30.5 Å². The van der Waals surface area contributed by atoms with Crippen LogP contribution in [0, 0.1) is 0 Å². The molecule has 38 heavy (non-hydrogen) atoms. The van der Waals surface area contributed by atoms with Crippen molar-refractivity contribution in [2.24, 2.45) is 0 Å². The van der Waals surface area contributed by atoms with Crippen LogP contribution in [0.15, 0.2) is 42.5 Å². The van der Waals surface area contributed by atoms with Crippen LogP contribution in [-0.4, -0.2) is 42.5 Å². The second-order valence-electron chi connectivity index (χ2n) is 10.4. The highest BCUT2D eigenvalue weighted by molar-refractivity contribution is 6.05. The first-order valence-corrected chi connectivity index (χ1v) is 13.2. The molecule has 2 aliphatic heterocycles. The molecule has 5 rings (SSSR count). The van der Waals surface area contributed by atoms with Gasteiger partial charge >= 0.3 is 6.18 Å². The fourth-order valence-corrected chi connectivity index (χ4v) is 5.69. The Morgan fingerprint density at radius 2 is 1.89 bits per heavy atom. The Bertz CT molecular complexity index is 1250. The SMILES string of the molecule is CN(C1CCCCC1)C1Cc2ccc(NC(=O)C=C3CCCOc4cc(C(F)(F)F)ccc43)cc2NC1=O. The van der Waals surface area contributed by atoms with Gasteiger partial charge in [0.2, 0.25) is 11.8 Å². The molecule has 9 heteroatoms. The number of rotatable bonds is 4. The van der Waals surface area contributed by atoms with E-state index in [1.807, 2.05) is 19.2 Å². The molecule has 2 amide bonds. The molecule has 6 nitrogen and oxygen atoms in total. The molecule has 1 atom stereocenters. The van der Waals surface area contributed by atoms with Gasteiger partial charge in [0.1, 0.15) is 5.75 Å². The highest BCUT2D eigenvalue weighted by Crippen LogP contribution is 2.38. The molecule has 3 aliphatic rings. The lowest BCUT2D eigenvalue weighted by molar-refractivity contribution is -0.137. The number of nitrogens with zero attached hydrogens (tertiary/aromatic N) is 1. The van der Waals surface area contributed by atoms with Crippen molar-refractivity contribution in [3.63, 3.8) is 0 Å². The molecule has 1 unspecified atom stereocenters. The molecule has 2 aromatic carbocycles. The van der Waals surface area contributed by atoms with Gasteiger partial charge < -0.3 is 15.4 Å². The maximum Gasteiger partial charge on any atom is 0.416 e. The van der Waals surface area contributed by atoms with Gasteiger partial charge in [-0.25, -0.2) is 0 Å². The highest BCUT2D eigenvalue weighted by atomic mass is 19.4. The Balaban J connectivity index is 1.29. The molecule has 0 spiro atoms. The predicted octanol–water partition coefficient (Wildman–Crippen LogP) is 6.03. The van der Waals surface area contributed by atoms with Crippen LogP contribution in [-0.2, 0) is 22.2 Å². The average Bonchev–Trinajstić information content (AvgIpc) is 3.09. The second kappa shape index (κ2) is 10.8. The highest BCUT2D eigenvalue weighted by Gasteiger charge is 2.34. The maximum absolute atomic E-state index is 13.1. The number of fused-ring (bicyclic) bond motifs is 2. The van der Waals surface area contributed by atoms with Crippen LogP contribution in [0.3, 0.4) is 0 Å². The lowest BCUT2D eigenvalue weighted by Crippen LogP contribution is -2.50. The third-order valence-corrected chi connectivity index (χ3v) is 7.80. The third kappa shape index (κ3) is 5.72. The summed E-state index contributed by atoms with van der Waals surface area (Å²) < 4.78 is 44.9. The number of amides is 2. The fraction of sp³-hybridized carbons (Fsp3) is 0.448. The van der Waals surface area contributed by atoms with Gasteiger partial charge in [-0.1, -0.05) is 31.4 Å². The molecule has 0 aromatic heterocycles.